The molecular weight excluding hydrogens is 284 g/mol. The van der Waals surface area contributed by atoms with E-state index in [1.807, 2.05) is 61.5 Å². The SMILES string of the molecule is CC(NCc1ccccc1Cl)C(=O)NCc1ccccc1. The van der Waals surface area contributed by atoms with Crippen LogP contribution in [-0.4, -0.2) is 11.9 Å². The molecule has 4 heteroatoms. The van der Waals surface area contributed by atoms with Crippen LogP contribution in [0, 0.1) is 0 Å². The van der Waals surface area contributed by atoms with Gasteiger partial charge in [-0.3, -0.25) is 4.79 Å². The number of carbonyl (C=O) groups excluding carboxylic acids is 1. The molecule has 2 rings (SSSR count). The number of hydrogen-bond acceptors (Lipinski definition) is 2. The summed E-state index contributed by atoms with van der Waals surface area (Å²) in [4.78, 5) is 12.0. The van der Waals surface area contributed by atoms with Gasteiger partial charge in [0.05, 0.1) is 6.04 Å². The molecule has 110 valence electrons. The summed E-state index contributed by atoms with van der Waals surface area (Å²) in [6.45, 7) is 2.95. The van der Waals surface area contributed by atoms with E-state index in [1.54, 1.807) is 0 Å². The fourth-order valence-electron chi connectivity index (χ4n) is 1.94. The van der Waals surface area contributed by atoms with Crippen molar-refractivity contribution in [2.75, 3.05) is 0 Å². The highest BCUT2D eigenvalue weighted by atomic mass is 35.5. The van der Waals surface area contributed by atoms with Crippen LogP contribution >= 0.6 is 11.6 Å². The fourth-order valence-corrected chi connectivity index (χ4v) is 2.14. The van der Waals surface area contributed by atoms with Gasteiger partial charge in [-0.2, -0.15) is 0 Å². The van der Waals surface area contributed by atoms with Gasteiger partial charge in [-0.25, -0.2) is 0 Å². The molecule has 1 atom stereocenters. The molecule has 1 amide bonds. The Bertz CT molecular complexity index is 586. The Morgan fingerprint density at radius 3 is 2.43 bits per heavy atom. The number of halogens is 1. The van der Waals surface area contributed by atoms with Crippen molar-refractivity contribution in [1.82, 2.24) is 10.6 Å². The molecule has 0 aliphatic rings. The van der Waals surface area contributed by atoms with Crippen LogP contribution in [0.2, 0.25) is 5.02 Å². The number of nitrogens with one attached hydrogen (secondary N) is 2. The van der Waals surface area contributed by atoms with Crippen molar-refractivity contribution in [1.29, 1.82) is 0 Å². The molecule has 2 N–H and O–H groups in total. The summed E-state index contributed by atoms with van der Waals surface area (Å²) < 4.78 is 0. The zero-order valence-corrected chi connectivity index (χ0v) is 12.7. The van der Waals surface area contributed by atoms with Crippen LogP contribution in [-0.2, 0) is 17.9 Å². The van der Waals surface area contributed by atoms with Crippen molar-refractivity contribution in [2.45, 2.75) is 26.1 Å². The third-order valence-corrected chi connectivity index (χ3v) is 3.63. The fraction of sp³-hybridized carbons (Fsp3) is 0.235. The standard InChI is InChI=1S/C17H19ClN2O/c1-13(19-12-15-9-5-6-10-16(15)18)17(21)20-11-14-7-3-2-4-8-14/h2-10,13,19H,11-12H2,1H3,(H,20,21). The molecule has 21 heavy (non-hydrogen) atoms. The molecule has 0 aromatic heterocycles. The summed E-state index contributed by atoms with van der Waals surface area (Å²) in [5, 5.41) is 6.80. The second-order valence-corrected chi connectivity index (χ2v) is 5.30. The zero-order valence-electron chi connectivity index (χ0n) is 12.0. The maximum Gasteiger partial charge on any atom is 0.237 e. The van der Waals surface area contributed by atoms with Crippen LogP contribution in [0.5, 0.6) is 0 Å². The lowest BCUT2D eigenvalue weighted by Gasteiger charge is -2.14. The molecule has 0 spiro atoms. The second kappa shape index (κ2) is 7.81. The Kier molecular flexibility index (Phi) is 5.78. The molecule has 0 saturated heterocycles. The Hall–Kier alpha value is -1.84. The van der Waals surface area contributed by atoms with Crippen molar-refractivity contribution in [2.24, 2.45) is 0 Å². The van der Waals surface area contributed by atoms with Gasteiger partial charge < -0.3 is 10.6 Å². The molecule has 3 nitrogen and oxygen atoms in total. The van der Waals surface area contributed by atoms with Crippen LogP contribution in [0.3, 0.4) is 0 Å². The van der Waals surface area contributed by atoms with E-state index in [-0.39, 0.29) is 11.9 Å². The van der Waals surface area contributed by atoms with Gasteiger partial charge in [0.15, 0.2) is 0 Å². The lowest BCUT2D eigenvalue weighted by Crippen LogP contribution is -2.41. The summed E-state index contributed by atoms with van der Waals surface area (Å²) in [6.07, 6.45) is 0. The van der Waals surface area contributed by atoms with Gasteiger partial charge in [0.1, 0.15) is 0 Å². The van der Waals surface area contributed by atoms with E-state index >= 15 is 0 Å². The first-order chi connectivity index (χ1) is 10.2. The monoisotopic (exact) mass is 302 g/mol. The Morgan fingerprint density at radius 2 is 1.71 bits per heavy atom. The van der Waals surface area contributed by atoms with Crippen LogP contribution in [0.15, 0.2) is 54.6 Å². The van der Waals surface area contributed by atoms with E-state index < -0.39 is 0 Å². The summed E-state index contributed by atoms with van der Waals surface area (Å²) >= 11 is 6.09. The normalized spacial score (nSPS) is 11.9. The summed E-state index contributed by atoms with van der Waals surface area (Å²) in [6, 6.07) is 17.2. The first-order valence-electron chi connectivity index (χ1n) is 6.95. The third-order valence-electron chi connectivity index (χ3n) is 3.26. The topological polar surface area (TPSA) is 41.1 Å². The van der Waals surface area contributed by atoms with E-state index in [0.717, 1.165) is 11.1 Å². The highest BCUT2D eigenvalue weighted by Crippen LogP contribution is 2.14. The van der Waals surface area contributed by atoms with Crippen LogP contribution in [0.1, 0.15) is 18.1 Å². The predicted octanol–water partition coefficient (Wildman–Crippen LogP) is 3.13. The van der Waals surface area contributed by atoms with E-state index in [0.29, 0.717) is 18.1 Å². The zero-order chi connectivity index (χ0) is 15.1. The third kappa shape index (κ3) is 4.88. The van der Waals surface area contributed by atoms with Gasteiger partial charge in [0.25, 0.3) is 0 Å². The average molecular weight is 303 g/mol. The van der Waals surface area contributed by atoms with E-state index in [2.05, 4.69) is 10.6 Å². The first-order valence-corrected chi connectivity index (χ1v) is 7.33. The van der Waals surface area contributed by atoms with Gasteiger partial charge in [-0.1, -0.05) is 60.1 Å². The van der Waals surface area contributed by atoms with Crippen molar-refractivity contribution in [3.63, 3.8) is 0 Å². The molecular formula is C17H19ClN2O. The molecule has 0 aliphatic carbocycles. The van der Waals surface area contributed by atoms with Gasteiger partial charge in [-0.15, -0.1) is 0 Å². The lowest BCUT2D eigenvalue weighted by atomic mass is 10.2. The van der Waals surface area contributed by atoms with Crippen LogP contribution < -0.4 is 10.6 Å². The second-order valence-electron chi connectivity index (χ2n) is 4.90. The van der Waals surface area contributed by atoms with Gasteiger partial charge >= 0.3 is 0 Å². The van der Waals surface area contributed by atoms with Crippen molar-refractivity contribution < 1.29 is 4.79 Å². The van der Waals surface area contributed by atoms with Crippen molar-refractivity contribution in [3.05, 3.63) is 70.7 Å². The molecule has 1 unspecified atom stereocenters. The Labute approximate surface area is 130 Å². The number of rotatable bonds is 6. The Morgan fingerprint density at radius 1 is 1.05 bits per heavy atom. The molecule has 2 aromatic rings. The minimum Gasteiger partial charge on any atom is -0.351 e. The maximum atomic E-state index is 12.0. The lowest BCUT2D eigenvalue weighted by molar-refractivity contribution is -0.122. The van der Waals surface area contributed by atoms with Gasteiger partial charge in [0.2, 0.25) is 5.91 Å². The highest BCUT2D eigenvalue weighted by molar-refractivity contribution is 6.31. The average Bonchev–Trinajstić information content (AvgIpc) is 2.52. The van der Waals surface area contributed by atoms with Crippen LogP contribution in [0.4, 0.5) is 0 Å². The highest BCUT2D eigenvalue weighted by Gasteiger charge is 2.12. The largest absolute Gasteiger partial charge is 0.351 e. The smallest absolute Gasteiger partial charge is 0.237 e. The Balaban J connectivity index is 1.79. The van der Waals surface area contributed by atoms with E-state index in [1.165, 1.54) is 0 Å². The maximum absolute atomic E-state index is 12.0. The van der Waals surface area contributed by atoms with E-state index in [9.17, 15) is 4.79 Å². The quantitative estimate of drug-likeness (QED) is 0.861. The minimum absolute atomic E-state index is 0.0223. The van der Waals surface area contributed by atoms with Crippen molar-refractivity contribution in [3.8, 4) is 0 Å². The molecule has 0 fully saturated rings. The molecule has 0 bridgehead atoms. The summed E-state index contributed by atoms with van der Waals surface area (Å²) in [5.74, 6) is -0.0223. The van der Waals surface area contributed by atoms with Crippen LogP contribution in [0.25, 0.3) is 0 Å². The number of carbonyl (C=O) groups is 1. The molecule has 0 saturated carbocycles. The molecule has 0 aliphatic heterocycles. The van der Waals surface area contributed by atoms with Gasteiger partial charge in [0, 0.05) is 18.1 Å². The summed E-state index contributed by atoms with van der Waals surface area (Å²) in [7, 11) is 0. The predicted molar refractivity (Wildman–Crippen MR) is 86.0 cm³/mol. The van der Waals surface area contributed by atoms with Gasteiger partial charge in [-0.05, 0) is 24.1 Å². The minimum atomic E-state index is -0.273. The first kappa shape index (κ1) is 15.5. The van der Waals surface area contributed by atoms with E-state index in [4.69, 9.17) is 11.6 Å². The van der Waals surface area contributed by atoms with Crippen molar-refractivity contribution >= 4 is 17.5 Å². The number of amides is 1. The molecule has 2 aromatic carbocycles. The molecule has 0 radical (unpaired) electrons. The molecule has 0 heterocycles. The summed E-state index contributed by atoms with van der Waals surface area (Å²) in [5.41, 5.74) is 2.08. The number of hydrogen-bond donors (Lipinski definition) is 2. The number of benzene rings is 2.